The van der Waals surface area contributed by atoms with Crippen molar-refractivity contribution in [3.05, 3.63) is 50.5 Å². The van der Waals surface area contributed by atoms with Gasteiger partial charge in [-0.3, -0.25) is 0 Å². The molecule has 1 aliphatic rings. The van der Waals surface area contributed by atoms with Crippen LogP contribution < -0.4 is 0 Å². The predicted molar refractivity (Wildman–Crippen MR) is 64.9 cm³/mol. The summed E-state index contributed by atoms with van der Waals surface area (Å²) in [7, 11) is 0. The molecular formula is C13H24Zr. The van der Waals surface area contributed by atoms with Gasteiger partial charge in [0.15, 0.2) is 0 Å². The third kappa shape index (κ3) is 3.85. The van der Waals surface area contributed by atoms with Crippen molar-refractivity contribution in [1.29, 1.82) is 0 Å². The van der Waals surface area contributed by atoms with E-state index < -0.39 is 0 Å². The van der Waals surface area contributed by atoms with Gasteiger partial charge in [-0.25, -0.2) is 0 Å². The van der Waals surface area contributed by atoms with Crippen molar-refractivity contribution in [2.45, 2.75) is 34.6 Å². The summed E-state index contributed by atoms with van der Waals surface area (Å²) in [4.78, 5) is 0. The minimum absolute atomic E-state index is 0. The Morgan fingerprint density at radius 1 is 0.500 bits per heavy atom. The van der Waals surface area contributed by atoms with Crippen LogP contribution in [0.15, 0.2) is 22.3 Å². The molecule has 0 unspecified atom stereocenters. The van der Waals surface area contributed by atoms with Crippen molar-refractivity contribution in [2.75, 3.05) is 0 Å². The average molecular weight is 272 g/mol. The van der Waals surface area contributed by atoms with Gasteiger partial charge in [-0.05, 0) is 38.8 Å². The molecule has 1 heteroatoms. The van der Waals surface area contributed by atoms with Crippen molar-refractivity contribution in [3.8, 4) is 0 Å². The van der Waals surface area contributed by atoms with Crippen LogP contribution in [0.5, 0.6) is 0 Å². The van der Waals surface area contributed by atoms with Crippen LogP contribution >= 0.6 is 0 Å². The molecule has 0 N–H and O–H groups in total. The third-order valence-corrected chi connectivity index (χ3v) is 2.81. The van der Waals surface area contributed by atoms with Crippen LogP contribution in [0.25, 0.3) is 0 Å². The summed E-state index contributed by atoms with van der Waals surface area (Å²) < 4.78 is 0. The van der Waals surface area contributed by atoms with Crippen LogP contribution in [-0.2, 0) is 26.2 Å². The van der Waals surface area contributed by atoms with Crippen LogP contribution in [0.3, 0.4) is 0 Å². The van der Waals surface area contributed by atoms with Crippen LogP contribution in [0.1, 0.15) is 34.6 Å². The van der Waals surface area contributed by atoms with Gasteiger partial charge in [0, 0.05) is 5.92 Å². The molecule has 0 amide bonds. The van der Waals surface area contributed by atoms with E-state index in [4.69, 9.17) is 0 Å². The number of rotatable bonds is 0. The molecule has 0 nitrogen and oxygen atoms in total. The van der Waals surface area contributed by atoms with E-state index in [9.17, 15) is 0 Å². The summed E-state index contributed by atoms with van der Waals surface area (Å²) in [6.45, 7) is 11.0. The molecule has 0 aromatic carbocycles. The molecule has 0 heterocycles. The van der Waals surface area contributed by atoms with E-state index in [-0.39, 0.29) is 48.5 Å². The molecule has 1 aliphatic carbocycles. The fourth-order valence-electron chi connectivity index (χ4n) is 1.41. The maximum Gasteiger partial charge on any atom is 3.00 e. The minimum Gasteiger partial charge on any atom is -0.358 e. The normalized spacial score (nSPS) is 15.2. The van der Waals surface area contributed by atoms with E-state index in [0.29, 0.717) is 0 Å². The van der Waals surface area contributed by atoms with Crippen LogP contribution in [0.4, 0.5) is 0 Å². The Hall–Kier alpha value is 0.363. The summed E-state index contributed by atoms with van der Waals surface area (Å²) in [6, 6.07) is 0. The Morgan fingerprint density at radius 3 is 0.786 bits per heavy atom. The second-order valence-electron chi connectivity index (χ2n) is 3.12. The van der Waals surface area contributed by atoms with Gasteiger partial charge in [-0.2, -0.15) is 0 Å². The number of hydrogen-bond acceptors (Lipinski definition) is 0. The van der Waals surface area contributed by atoms with Gasteiger partial charge in [-0.1, -0.05) is 18.1 Å². The average Bonchev–Trinajstić information content (AvgIpc) is 2.07. The predicted octanol–water partition coefficient (Wildman–Crippen LogP) is 4.62. The SMILES string of the molecule is C[C]1C(C)=C(C)C(C)=C1C.[CH3-].[CH3-].[CH3-].[Zr+3]. The zero-order valence-electron chi connectivity index (χ0n) is 11.0. The Bertz CT molecular complexity index is 197. The zero-order valence-corrected chi connectivity index (χ0v) is 13.5. The minimum atomic E-state index is 0. The largest absolute Gasteiger partial charge is 3.00 e. The molecule has 0 saturated heterocycles. The first-order valence-corrected chi connectivity index (χ1v) is 3.75. The Kier molecular flexibility index (Phi) is 14.8. The zero-order chi connectivity index (χ0) is 7.89. The molecule has 2 radical (unpaired) electrons. The summed E-state index contributed by atoms with van der Waals surface area (Å²) in [5, 5.41) is 0. The van der Waals surface area contributed by atoms with Gasteiger partial charge >= 0.3 is 26.2 Å². The van der Waals surface area contributed by atoms with E-state index in [0.717, 1.165) is 0 Å². The van der Waals surface area contributed by atoms with Crippen molar-refractivity contribution >= 4 is 0 Å². The second-order valence-corrected chi connectivity index (χ2v) is 3.12. The van der Waals surface area contributed by atoms with Crippen molar-refractivity contribution < 1.29 is 26.2 Å². The van der Waals surface area contributed by atoms with Gasteiger partial charge in [0.25, 0.3) is 0 Å². The Labute approximate surface area is 111 Å². The summed E-state index contributed by atoms with van der Waals surface area (Å²) in [5.74, 6) is 1.47. The summed E-state index contributed by atoms with van der Waals surface area (Å²) in [5.41, 5.74) is 5.87. The molecule has 0 bridgehead atoms. The van der Waals surface area contributed by atoms with Gasteiger partial charge in [0.2, 0.25) is 0 Å². The van der Waals surface area contributed by atoms with Crippen LogP contribution in [0, 0.1) is 28.2 Å². The van der Waals surface area contributed by atoms with Gasteiger partial charge < -0.3 is 22.3 Å². The van der Waals surface area contributed by atoms with Crippen LogP contribution in [0.2, 0.25) is 0 Å². The molecule has 80 valence electrons. The van der Waals surface area contributed by atoms with Gasteiger partial charge in [0.05, 0.1) is 0 Å². The van der Waals surface area contributed by atoms with E-state index in [1.165, 1.54) is 28.2 Å². The van der Waals surface area contributed by atoms with Crippen LogP contribution in [-0.4, -0.2) is 0 Å². The summed E-state index contributed by atoms with van der Waals surface area (Å²) >= 11 is 0. The first kappa shape index (κ1) is 23.9. The Balaban J connectivity index is -0.000000125. The monoisotopic (exact) mass is 270 g/mol. The quantitative estimate of drug-likeness (QED) is 0.564. The topological polar surface area (TPSA) is 0 Å². The molecule has 0 spiro atoms. The van der Waals surface area contributed by atoms with Crippen molar-refractivity contribution in [2.24, 2.45) is 0 Å². The van der Waals surface area contributed by atoms with Crippen molar-refractivity contribution in [3.63, 3.8) is 0 Å². The standard InChI is InChI=1S/C10H15.3CH3.Zr/c1-6-7(2)9(4)10(5)8(6)3;;;;/h1-5H3;3*1H3;/q;3*-1;+3. The first-order chi connectivity index (χ1) is 4.55. The molecule has 0 aliphatic heterocycles. The number of hydrogen-bond donors (Lipinski definition) is 0. The molecule has 0 fully saturated rings. The molecule has 0 atom stereocenters. The number of allylic oxidation sites excluding steroid dienone is 4. The molecule has 14 heavy (non-hydrogen) atoms. The Morgan fingerprint density at radius 2 is 0.714 bits per heavy atom. The van der Waals surface area contributed by atoms with Gasteiger partial charge in [0.1, 0.15) is 0 Å². The molecule has 1 rings (SSSR count). The molecule has 0 aromatic rings. The van der Waals surface area contributed by atoms with E-state index in [2.05, 4.69) is 34.6 Å². The fourth-order valence-corrected chi connectivity index (χ4v) is 1.41. The molecular weight excluding hydrogens is 247 g/mol. The van der Waals surface area contributed by atoms with Gasteiger partial charge in [-0.15, -0.1) is 0 Å². The second kappa shape index (κ2) is 8.65. The maximum atomic E-state index is 2.20. The molecule has 0 aromatic heterocycles. The fraction of sp³-hybridized carbons (Fsp3) is 0.385. The van der Waals surface area contributed by atoms with Crippen molar-refractivity contribution in [1.82, 2.24) is 0 Å². The smallest absolute Gasteiger partial charge is 0.358 e. The summed E-state index contributed by atoms with van der Waals surface area (Å²) in [6.07, 6.45) is 0. The van der Waals surface area contributed by atoms with E-state index in [1.807, 2.05) is 0 Å². The van der Waals surface area contributed by atoms with E-state index in [1.54, 1.807) is 0 Å². The molecule has 0 saturated carbocycles. The maximum absolute atomic E-state index is 2.20. The third-order valence-electron chi connectivity index (χ3n) is 2.81. The van der Waals surface area contributed by atoms with E-state index >= 15 is 0 Å². The first-order valence-electron chi connectivity index (χ1n) is 3.75.